The van der Waals surface area contributed by atoms with Crippen molar-refractivity contribution in [1.29, 1.82) is 0 Å². The minimum absolute atomic E-state index is 0.118. The Balaban J connectivity index is 6.85. The smallest absolute Gasteiger partial charge is 0.361 e. The summed E-state index contributed by atoms with van der Waals surface area (Å²) < 4.78 is 219. The Morgan fingerprint density at radius 1 is 0.400 bits per heavy atom. The number of hydrogen-bond donors (Lipinski definition) is 2. The molecule has 0 heterocycles. The second kappa shape index (κ2) is 6.86. The molecule has 0 rings (SSSR count). The molecular weight excluding hydrogens is 487 g/mol. The van der Waals surface area contributed by atoms with Crippen molar-refractivity contribution in [2.45, 2.75) is 66.8 Å². The van der Waals surface area contributed by atoms with E-state index in [9.17, 15) is 74.6 Å². The SMILES string of the molecule is CCC(O)(O)C(F)(F)C(F)(F)C(F)(F)C(F)(F)C(F)(F)C(F)(F)C(F)(F)C(F)(F)F. The molecule has 0 saturated carbocycles. The zero-order valence-corrected chi connectivity index (χ0v) is 13.5. The molecule has 30 heavy (non-hydrogen) atoms. The average molecular weight is 494 g/mol. The van der Waals surface area contributed by atoms with Gasteiger partial charge in [-0.05, 0) is 0 Å². The normalized spacial score (nSPS) is 16.8. The van der Waals surface area contributed by atoms with Crippen LogP contribution in [0.5, 0.6) is 0 Å². The molecule has 0 aromatic rings. The van der Waals surface area contributed by atoms with Crippen molar-refractivity contribution in [3.05, 3.63) is 0 Å². The van der Waals surface area contributed by atoms with Crippen LogP contribution in [0.3, 0.4) is 0 Å². The molecule has 2 N–H and O–H groups in total. The maximum Gasteiger partial charge on any atom is 0.460 e. The first-order chi connectivity index (χ1) is 12.6. The standard InChI is InChI=1S/C11H7F17O2/c1-2-3(29,30)4(12,13)5(14,15)6(16,17)7(18,19)8(20,21)9(22,23)10(24,25)11(26,27)28/h29-30H,2H2,1H3. The van der Waals surface area contributed by atoms with Crippen LogP contribution in [0.1, 0.15) is 13.3 Å². The summed E-state index contributed by atoms with van der Waals surface area (Å²) in [7, 11) is 0. The predicted octanol–water partition coefficient (Wildman–Crippen LogP) is 5.09. The summed E-state index contributed by atoms with van der Waals surface area (Å²) in [5.74, 6) is -63.6. The number of halogens is 17. The first-order valence-corrected chi connectivity index (χ1v) is 6.72. The van der Waals surface area contributed by atoms with E-state index in [-0.39, 0.29) is 6.92 Å². The molecule has 19 heteroatoms. The lowest BCUT2D eigenvalue weighted by Gasteiger charge is -2.44. The Kier molecular flexibility index (Phi) is 6.57. The lowest BCUT2D eigenvalue weighted by Crippen LogP contribution is -2.76. The van der Waals surface area contributed by atoms with Crippen molar-refractivity contribution >= 4 is 0 Å². The van der Waals surface area contributed by atoms with Gasteiger partial charge in [-0.25, -0.2) is 0 Å². The molecule has 0 amide bonds. The first-order valence-electron chi connectivity index (χ1n) is 6.72. The molecule has 0 saturated heterocycles. The van der Waals surface area contributed by atoms with Crippen LogP contribution >= 0.6 is 0 Å². The highest BCUT2D eigenvalue weighted by Gasteiger charge is 2.96. The van der Waals surface area contributed by atoms with E-state index in [1.54, 1.807) is 0 Å². The number of alkyl halides is 17. The lowest BCUT2D eigenvalue weighted by molar-refractivity contribution is -0.474. The van der Waals surface area contributed by atoms with Gasteiger partial charge in [-0.3, -0.25) is 0 Å². The molecule has 0 spiro atoms. The molecular formula is C11H7F17O2. The Hall–Kier alpha value is -1.27. The Morgan fingerprint density at radius 2 is 0.600 bits per heavy atom. The van der Waals surface area contributed by atoms with E-state index < -0.39 is 59.8 Å². The molecule has 0 radical (unpaired) electrons. The van der Waals surface area contributed by atoms with Crippen LogP contribution < -0.4 is 0 Å². The fourth-order valence-electron chi connectivity index (χ4n) is 1.64. The quantitative estimate of drug-likeness (QED) is 0.365. The van der Waals surface area contributed by atoms with Crippen molar-refractivity contribution in [3.63, 3.8) is 0 Å². The van der Waals surface area contributed by atoms with Crippen molar-refractivity contribution in [1.82, 2.24) is 0 Å². The van der Waals surface area contributed by atoms with E-state index in [2.05, 4.69) is 0 Å². The minimum Gasteiger partial charge on any atom is -0.361 e. The van der Waals surface area contributed by atoms with Gasteiger partial charge in [0.05, 0.1) is 0 Å². The third-order valence-electron chi connectivity index (χ3n) is 3.72. The van der Waals surface area contributed by atoms with Gasteiger partial charge < -0.3 is 10.2 Å². The molecule has 0 atom stereocenters. The summed E-state index contributed by atoms with van der Waals surface area (Å²) in [6.07, 6.45) is -9.93. The third-order valence-corrected chi connectivity index (χ3v) is 3.72. The zero-order valence-electron chi connectivity index (χ0n) is 13.5. The van der Waals surface area contributed by atoms with Crippen molar-refractivity contribution in [2.75, 3.05) is 0 Å². The van der Waals surface area contributed by atoms with Crippen LogP contribution in [0.4, 0.5) is 74.6 Å². The highest BCUT2D eigenvalue weighted by molar-refractivity contribution is 5.16. The fraction of sp³-hybridized carbons (Fsp3) is 1.00. The summed E-state index contributed by atoms with van der Waals surface area (Å²) in [6.45, 7) is 0.118. The van der Waals surface area contributed by atoms with Gasteiger partial charge >= 0.3 is 47.6 Å². The van der Waals surface area contributed by atoms with Crippen LogP contribution in [-0.4, -0.2) is 63.6 Å². The van der Waals surface area contributed by atoms with E-state index in [1.807, 2.05) is 0 Å². The predicted molar refractivity (Wildman–Crippen MR) is 58.1 cm³/mol. The summed E-state index contributed by atoms with van der Waals surface area (Å²) in [5.41, 5.74) is 0. The van der Waals surface area contributed by atoms with Crippen molar-refractivity contribution < 1.29 is 84.9 Å². The van der Waals surface area contributed by atoms with E-state index in [1.165, 1.54) is 0 Å². The van der Waals surface area contributed by atoms with Gasteiger partial charge in [0.25, 0.3) is 0 Å². The average Bonchev–Trinajstić information content (AvgIpc) is 2.52. The zero-order chi connectivity index (χ0) is 25.2. The largest absolute Gasteiger partial charge is 0.460 e. The van der Waals surface area contributed by atoms with Gasteiger partial charge in [0.2, 0.25) is 5.79 Å². The minimum atomic E-state index is -8.75. The molecule has 0 aromatic carbocycles. The van der Waals surface area contributed by atoms with Gasteiger partial charge in [0.15, 0.2) is 0 Å². The first kappa shape index (κ1) is 28.7. The van der Waals surface area contributed by atoms with Crippen LogP contribution in [0.2, 0.25) is 0 Å². The van der Waals surface area contributed by atoms with E-state index in [0.29, 0.717) is 0 Å². The molecule has 0 aliphatic carbocycles. The summed E-state index contributed by atoms with van der Waals surface area (Å²) in [4.78, 5) is 0. The van der Waals surface area contributed by atoms with Crippen molar-refractivity contribution in [2.24, 2.45) is 0 Å². The summed E-state index contributed by atoms with van der Waals surface area (Å²) in [6, 6.07) is 0. The third kappa shape index (κ3) is 3.26. The van der Waals surface area contributed by atoms with Crippen LogP contribution in [0.15, 0.2) is 0 Å². The summed E-state index contributed by atoms with van der Waals surface area (Å²) >= 11 is 0. The van der Waals surface area contributed by atoms with Gasteiger partial charge in [0, 0.05) is 6.42 Å². The highest BCUT2D eigenvalue weighted by atomic mass is 19.4. The van der Waals surface area contributed by atoms with Gasteiger partial charge in [-0.1, -0.05) is 6.92 Å². The molecule has 0 bridgehead atoms. The van der Waals surface area contributed by atoms with Gasteiger partial charge in [-0.15, -0.1) is 0 Å². The molecule has 0 aromatic heterocycles. The van der Waals surface area contributed by atoms with Crippen LogP contribution in [0, 0.1) is 0 Å². The number of aliphatic hydroxyl groups is 2. The molecule has 0 fully saturated rings. The van der Waals surface area contributed by atoms with Crippen LogP contribution in [0.25, 0.3) is 0 Å². The maximum atomic E-state index is 13.3. The Labute approximate surface area is 153 Å². The van der Waals surface area contributed by atoms with Gasteiger partial charge in [0.1, 0.15) is 0 Å². The number of hydrogen-bond acceptors (Lipinski definition) is 2. The maximum absolute atomic E-state index is 13.3. The molecule has 2 nitrogen and oxygen atoms in total. The molecule has 0 aliphatic rings. The highest BCUT2D eigenvalue weighted by Crippen LogP contribution is 2.64. The topological polar surface area (TPSA) is 40.5 Å². The number of rotatable bonds is 8. The summed E-state index contributed by atoms with van der Waals surface area (Å²) in [5, 5.41) is 17.1. The lowest BCUT2D eigenvalue weighted by atomic mass is 9.86. The Bertz CT molecular complexity index is 632. The van der Waals surface area contributed by atoms with E-state index >= 15 is 0 Å². The van der Waals surface area contributed by atoms with E-state index in [4.69, 9.17) is 10.2 Å². The molecule has 182 valence electrons. The Morgan fingerprint density at radius 3 is 0.800 bits per heavy atom. The van der Waals surface area contributed by atoms with E-state index in [0.717, 1.165) is 0 Å². The van der Waals surface area contributed by atoms with Crippen LogP contribution in [-0.2, 0) is 0 Å². The second-order valence-electron chi connectivity index (χ2n) is 5.69. The monoisotopic (exact) mass is 494 g/mol. The molecule has 0 unspecified atom stereocenters. The fourth-order valence-corrected chi connectivity index (χ4v) is 1.64. The van der Waals surface area contributed by atoms with Crippen molar-refractivity contribution in [3.8, 4) is 0 Å². The molecule has 0 aliphatic heterocycles. The second-order valence-corrected chi connectivity index (χ2v) is 5.69. The van der Waals surface area contributed by atoms with Gasteiger partial charge in [-0.2, -0.15) is 74.6 Å².